The van der Waals surface area contributed by atoms with Gasteiger partial charge in [0.1, 0.15) is 4.90 Å². The Kier molecular flexibility index (Phi) is 3.45. The summed E-state index contributed by atoms with van der Waals surface area (Å²) >= 11 is 3.24. The second kappa shape index (κ2) is 4.74. The number of sulfonamides is 1. The largest absolute Gasteiger partial charge is 0.338 e. The summed E-state index contributed by atoms with van der Waals surface area (Å²) in [7, 11) is -3.68. The topological polar surface area (TPSA) is 72.2 Å². The third-order valence-corrected chi connectivity index (χ3v) is 4.56. The van der Waals surface area contributed by atoms with Crippen molar-refractivity contribution in [1.29, 1.82) is 0 Å². The zero-order chi connectivity index (χ0) is 13.3. The van der Waals surface area contributed by atoms with Gasteiger partial charge in [-0.3, -0.25) is 0 Å². The Morgan fingerprint density at radius 1 is 1.28 bits per heavy atom. The van der Waals surface area contributed by atoms with Gasteiger partial charge in [0.05, 0.1) is 5.69 Å². The van der Waals surface area contributed by atoms with Crippen LogP contribution >= 0.6 is 15.9 Å². The minimum absolute atomic E-state index is 0.0972. The number of anilines is 1. The molecule has 0 atom stereocenters. The van der Waals surface area contributed by atoms with Crippen LogP contribution in [-0.4, -0.2) is 13.6 Å². The van der Waals surface area contributed by atoms with Gasteiger partial charge in [-0.1, -0.05) is 11.2 Å². The highest BCUT2D eigenvalue weighted by molar-refractivity contribution is 9.10. The van der Waals surface area contributed by atoms with Crippen molar-refractivity contribution in [1.82, 2.24) is 5.16 Å². The van der Waals surface area contributed by atoms with Crippen LogP contribution in [0.3, 0.4) is 0 Å². The number of aromatic nitrogens is 1. The highest BCUT2D eigenvalue weighted by Gasteiger charge is 2.19. The van der Waals surface area contributed by atoms with Crippen molar-refractivity contribution in [3.8, 4) is 0 Å². The van der Waals surface area contributed by atoms with E-state index in [1.54, 1.807) is 19.1 Å². The number of hydrogen-bond donors (Lipinski definition) is 1. The van der Waals surface area contributed by atoms with Crippen LogP contribution in [0.5, 0.6) is 0 Å². The Balaban J connectivity index is 2.36. The average Bonchev–Trinajstić information content (AvgIpc) is 2.62. The van der Waals surface area contributed by atoms with Crippen LogP contribution < -0.4 is 4.72 Å². The van der Waals surface area contributed by atoms with Crippen molar-refractivity contribution in [3.63, 3.8) is 0 Å². The lowest BCUT2D eigenvalue weighted by molar-refractivity contribution is 0.430. The monoisotopic (exact) mass is 330 g/mol. The van der Waals surface area contributed by atoms with Crippen molar-refractivity contribution >= 4 is 31.8 Å². The van der Waals surface area contributed by atoms with Gasteiger partial charge in [0, 0.05) is 10.5 Å². The number of benzene rings is 1. The maximum absolute atomic E-state index is 12.1. The SMILES string of the molecule is Cc1ccc(S(=O)(=O)Nc2cc(C)no2)c(Br)c1. The molecule has 0 aliphatic rings. The molecule has 2 aromatic rings. The molecule has 0 spiro atoms. The minimum atomic E-state index is -3.68. The number of halogens is 1. The van der Waals surface area contributed by atoms with E-state index in [0.717, 1.165) is 5.56 Å². The molecule has 5 nitrogen and oxygen atoms in total. The van der Waals surface area contributed by atoms with Crippen molar-refractivity contribution in [2.24, 2.45) is 0 Å². The van der Waals surface area contributed by atoms with Crippen molar-refractivity contribution in [2.75, 3.05) is 4.72 Å². The Morgan fingerprint density at radius 2 is 2.00 bits per heavy atom. The Morgan fingerprint density at radius 3 is 2.56 bits per heavy atom. The van der Waals surface area contributed by atoms with Crippen LogP contribution in [0.15, 0.2) is 38.2 Å². The lowest BCUT2D eigenvalue weighted by atomic mass is 10.2. The summed E-state index contributed by atoms with van der Waals surface area (Å²) in [5, 5.41) is 3.62. The minimum Gasteiger partial charge on any atom is -0.338 e. The summed E-state index contributed by atoms with van der Waals surface area (Å²) in [6.07, 6.45) is 0. The zero-order valence-electron chi connectivity index (χ0n) is 9.77. The summed E-state index contributed by atoms with van der Waals surface area (Å²) < 4.78 is 31.9. The molecule has 0 amide bonds. The molecular formula is C11H11BrN2O3S. The van der Waals surface area contributed by atoms with Crippen LogP contribution in [0.25, 0.3) is 0 Å². The zero-order valence-corrected chi connectivity index (χ0v) is 12.2. The third kappa shape index (κ3) is 2.73. The van der Waals surface area contributed by atoms with Gasteiger partial charge in [-0.15, -0.1) is 0 Å². The van der Waals surface area contributed by atoms with Gasteiger partial charge in [-0.2, -0.15) is 0 Å². The molecule has 1 aromatic carbocycles. The number of rotatable bonds is 3. The first-order valence-electron chi connectivity index (χ1n) is 5.11. The van der Waals surface area contributed by atoms with Crippen LogP contribution in [0, 0.1) is 13.8 Å². The maximum Gasteiger partial charge on any atom is 0.265 e. The lowest BCUT2D eigenvalue weighted by Gasteiger charge is -2.07. The van der Waals surface area contributed by atoms with Gasteiger partial charge in [0.15, 0.2) is 0 Å². The average molecular weight is 331 g/mol. The summed E-state index contributed by atoms with van der Waals surface area (Å²) in [6, 6.07) is 6.51. The van der Waals surface area contributed by atoms with Gasteiger partial charge in [0.2, 0.25) is 5.88 Å². The number of nitrogens with one attached hydrogen (secondary N) is 1. The van der Waals surface area contributed by atoms with Gasteiger partial charge in [-0.25, -0.2) is 13.1 Å². The molecule has 0 unspecified atom stereocenters. The molecule has 2 rings (SSSR count). The molecule has 0 radical (unpaired) electrons. The van der Waals surface area contributed by atoms with E-state index in [4.69, 9.17) is 4.52 Å². The highest BCUT2D eigenvalue weighted by atomic mass is 79.9. The number of aryl methyl sites for hydroxylation is 2. The molecule has 0 saturated heterocycles. The van der Waals surface area contributed by atoms with E-state index >= 15 is 0 Å². The van der Waals surface area contributed by atoms with E-state index in [-0.39, 0.29) is 10.8 Å². The lowest BCUT2D eigenvalue weighted by Crippen LogP contribution is -2.13. The normalized spacial score (nSPS) is 11.5. The standard InChI is InChI=1S/C11H11BrN2O3S/c1-7-3-4-10(9(12)5-7)18(15,16)14-11-6-8(2)13-17-11/h3-6,14H,1-2H3. The molecule has 1 heterocycles. The van der Waals surface area contributed by atoms with Crippen LogP contribution in [-0.2, 0) is 10.0 Å². The first-order chi connectivity index (χ1) is 8.38. The summed E-state index contributed by atoms with van der Waals surface area (Å²) in [4.78, 5) is 0.155. The van der Waals surface area contributed by atoms with Gasteiger partial charge >= 0.3 is 0 Å². The molecule has 0 saturated carbocycles. The Hall–Kier alpha value is -1.34. The van der Waals surface area contributed by atoms with E-state index in [0.29, 0.717) is 10.2 Å². The maximum atomic E-state index is 12.1. The predicted octanol–water partition coefficient (Wildman–Crippen LogP) is 2.85. The van der Waals surface area contributed by atoms with Crippen LogP contribution in [0.4, 0.5) is 5.88 Å². The molecule has 0 bridgehead atoms. The molecule has 7 heteroatoms. The van der Waals surface area contributed by atoms with Crippen LogP contribution in [0.1, 0.15) is 11.3 Å². The van der Waals surface area contributed by atoms with Gasteiger partial charge in [0.25, 0.3) is 10.0 Å². The quantitative estimate of drug-likeness (QED) is 0.939. The molecular weight excluding hydrogens is 320 g/mol. The first-order valence-corrected chi connectivity index (χ1v) is 7.38. The molecule has 96 valence electrons. The fraction of sp³-hybridized carbons (Fsp3) is 0.182. The number of nitrogens with zero attached hydrogens (tertiary/aromatic N) is 1. The summed E-state index contributed by atoms with van der Waals surface area (Å²) in [6.45, 7) is 3.59. The van der Waals surface area contributed by atoms with Gasteiger partial charge in [-0.05, 0) is 47.5 Å². The Labute approximate surface area is 113 Å². The molecule has 1 N–H and O–H groups in total. The van der Waals surface area contributed by atoms with Gasteiger partial charge < -0.3 is 4.52 Å². The third-order valence-electron chi connectivity index (χ3n) is 2.24. The van der Waals surface area contributed by atoms with Crippen LogP contribution in [0.2, 0.25) is 0 Å². The second-order valence-electron chi connectivity index (χ2n) is 3.87. The molecule has 0 fully saturated rings. The fourth-order valence-corrected chi connectivity index (χ4v) is 3.59. The predicted molar refractivity (Wildman–Crippen MR) is 70.9 cm³/mol. The molecule has 18 heavy (non-hydrogen) atoms. The van der Waals surface area contributed by atoms with Crippen molar-refractivity contribution in [2.45, 2.75) is 18.7 Å². The molecule has 0 aliphatic heterocycles. The van der Waals surface area contributed by atoms with E-state index < -0.39 is 10.0 Å². The fourth-order valence-electron chi connectivity index (χ4n) is 1.42. The molecule has 1 aromatic heterocycles. The first kappa shape index (κ1) is 13.1. The van der Waals surface area contributed by atoms with E-state index in [2.05, 4.69) is 25.8 Å². The molecule has 0 aliphatic carbocycles. The van der Waals surface area contributed by atoms with E-state index in [1.165, 1.54) is 12.1 Å². The van der Waals surface area contributed by atoms with Crippen molar-refractivity contribution < 1.29 is 12.9 Å². The highest BCUT2D eigenvalue weighted by Crippen LogP contribution is 2.25. The van der Waals surface area contributed by atoms with E-state index in [9.17, 15) is 8.42 Å². The summed E-state index contributed by atoms with van der Waals surface area (Å²) in [5.74, 6) is 0.0972. The van der Waals surface area contributed by atoms with Crippen molar-refractivity contribution in [3.05, 3.63) is 40.0 Å². The second-order valence-corrected chi connectivity index (χ2v) is 6.38. The number of hydrogen-bond acceptors (Lipinski definition) is 4. The summed E-state index contributed by atoms with van der Waals surface area (Å²) in [5.41, 5.74) is 1.58. The van der Waals surface area contributed by atoms with E-state index in [1.807, 2.05) is 6.92 Å². The smallest absolute Gasteiger partial charge is 0.265 e. The Bertz CT molecular complexity index is 679.